The Morgan fingerprint density at radius 3 is 2.31 bits per heavy atom. The minimum Gasteiger partial charge on any atom is -0.494 e. The van der Waals surface area contributed by atoms with Crippen molar-refractivity contribution in [2.75, 3.05) is 13.2 Å². The lowest BCUT2D eigenvalue weighted by Gasteiger charge is -2.29. The van der Waals surface area contributed by atoms with Crippen molar-refractivity contribution in [1.82, 2.24) is 10.2 Å². The molecule has 0 saturated heterocycles. The van der Waals surface area contributed by atoms with Crippen molar-refractivity contribution < 1.29 is 14.3 Å². The summed E-state index contributed by atoms with van der Waals surface area (Å²) in [7, 11) is 0. The summed E-state index contributed by atoms with van der Waals surface area (Å²) in [6.45, 7) is 5.40. The van der Waals surface area contributed by atoms with Gasteiger partial charge in [0.2, 0.25) is 11.8 Å². The molecule has 2 amide bonds. The van der Waals surface area contributed by atoms with Crippen molar-refractivity contribution in [3.05, 3.63) is 66.2 Å². The third-order valence-corrected chi connectivity index (χ3v) is 4.74. The maximum atomic E-state index is 12.9. The van der Waals surface area contributed by atoms with Gasteiger partial charge in [0.25, 0.3) is 0 Å². The van der Waals surface area contributed by atoms with Gasteiger partial charge >= 0.3 is 0 Å². The molecule has 1 atom stereocenters. The van der Waals surface area contributed by atoms with E-state index in [-0.39, 0.29) is 11.8 Å². The third-order valence-electron chi connectivity index (χ3n) is 4.74. The summed E-state index contributed by atoms with van der Waals surface area (Å²) in [5, 5.41) is 2.94. The van der Waals surface area contributed by atoms with Gasteiger partial charge in [0.15, 0.2) is 0 Å². The number of hydrogen-bond acceptors (Lipinski definition) is 3. The van der Waals surface area contributed by atoms with E-state index in [2.05, 4.69) is 12.2 Å². The van der Waals surface area contributed by atoms with Crippen molar-refractivity contribution in [2.45, 2.75) is 52.1 Å². The molecule has 0 aromatic heterocycles. The molecule has 0 heterocycles. The minimum absolute atomic E-state index is 0.0383. The van der Waals surface area contributed by atoms with Crippen LogP contribution in [0.4, 0.5) is 0 Å². The summed E-state index contributed by atoms with van der Waals surface area (Å²) >= 11 is 0. The number of para-hydroxylation sites is 1. The third kappa shape index (κ3) is 7.98. The van der Waals surface area contributed by atoms with Gasteiger partial charge in [-0.15, -0.1) is 0 Å². The number of rotatable bonds is 12. The van der Waals surface area contributed by atoms with Gasteiger partial charge in [-0.25, -0.2) is 0 Å². The van der Waals surface area contributed by atoms with E-state index in [9.17, 15) is 9.59 Å². The Kier molecular flexibility index (Phi) is 9.76. The van der Waals surface area contributed by atoms with E-state index in [1.807, 2.05) is 60.7 Å². The zero-order chi connectivity index (χ0) is 20.9. The second kappa shape index (κ2) is 12.6. The molecule has 0 fully saturated rings. The predicted octanol–water partition coefficient (Wildman–Crippen LogP) is 4.18. The van der Waals surface area contributed by atoms with Crippen LogP contribution < -0.4 is 10.1 Å². The molecule has 0 spiro atoms. The van der Waals surface area contributed by atoms with Gasteiger partial charge in [-0.2, -0.15) is 0 Å². The molecule has 1 unspecified atom stereocenters. The maximum Gasteiger partial charge on any atom is 0.242 e. The Balaban J connectivity index is 1.93. The van der Waals surface area contributed by atoms with Crippen LogP contribution in [0, 0.1) is 0 Å². The SMILES string of the molecule is CCCCNC(=O)C(C)N(Cc1ccccc1)C(=O)CCCOc1ccccc1. The molecule has 156 valence electrons. The Morgan fingerprint density at radius 2 is 1.66 bits per heavy atom. The standard InChI is InChI=1S/C24H32N2O3/c1-3-4-17-25-24(28)20(2)26(19-21-12-7-5-8-13-21)23(27)16-11-18-29-22-14-9-6-10-15-22/h5-10,12-15,20H,3-4,11,16-19H2,1-2H3,(H,25,28). The summed E-state index contributed by atoms with van der Waals surface area (Å²) in [5.41, 5.74) is 1.01. The van der Waals surface area contributed by atoms with E-state index in [0.717, 1.165) is 24.2 Å². The van der Waals surface area contributed by atoms with Crippen LogP contribution in [0.5, 0.6) is 5.75 Å². The number of ether oxygens (including phenoxy) is 1. The van der Waals surface area contributed by atoms with Gasteiger partial charge in [0, 0.05) is 19.5 Å². The Labute approximate surface area is 174 Å². The van der Waals surface area contributed by atoms with Crippen LogP contribution in [0.2, 0.25) is 0 Å². The molecule has 2 rings (SSSR count). The summed E-state index contributed by atoms with van der Waals surface area (Å²) in [5.74, 6) is 0.650. The molecule has 0 saturated carbocycles. The summed E-state index contributed by atoms with van der Waals surface area (Å²) in [4.78, 5) is 27.1. The molecule has 2 aromatic rings. The van der Waals surface area contributed by atoms with E-state index in [4.69, 9.17) is 4.74 Å². The van der Waals surface area contributed by atoms with E-state index in [0.29, 0.717) is 32.5 Å². The van der Waals surface area contributed by atoms with Gasteiger partial charge in [-0.1, -0.05) is 61.9 Å². The van der Waals surface area contributed by atoms with Crippen molar-refractivity contribution >= 4 is 11.8 Å². The lowest BCUT2D eigenvalue weighted by molar-refractivity contribution is -0.140. The van der Waals surface area contributed by atoms with Crippen LogP contribution in [0.3, 0.4) is 0 Å². The highest BCUT2D eigenvalue weighted by Gasteiger charge is 2.25. The van der Waals surface area contributed by atoms with Crippen molar-refractivity contribution in [3.63, 3.8) is 0 Å². The second-order valence-electron chi connectivity index (χ2n) is 7.09. The van der Waals surface area contributed by atoms with E-state index < -0.39 is 6.04 Å². The number of hydrogen-bond donors (Lipinski definition) is 1. The fraction of sp³-hybridized carbons (Fsp3) is 0.417. The first-order valence-electron chi connectivity index (χ1n) is 10.4. The summed E-state index contributed by atoms with van der Waals surface area (Å²) in [6.07, 6.45) is 2.89. The molecular formula is C24H32N2O3. The monoisotopic (exact) mass is 396 g/mol. The predicted molar refractivity (Wildman–Crippen MR) is 116 cm³/mol. The topological polar surface area (TPSA) is 58.6 Å². The van der Waals surface area contributed by atoms with Crippen LogP contribution in [-0.4, -0.2) is 35.9 Å². The van der Waals surface area contributed by atoms with E-state index in [1.165, 1.54) is 0 Å². The lowest BCUT2D eigenvalue weighted by atomic mass is 10.1. The highest BCUT2D eigenvalue weighted by atomic mass is 16.5. The quantitative estimate of drug-likeness (QED) is 0.548. The fourth-order valence-electron chi connectivity index (χ4n) is 2.97. The van der Waals surface area contributed by atoms with Crippen LogP contribution in [0.1, 0.15) is 45.1 Å². The van der Waals surface area contributed by atoms with Gasteiger partial charge < -0.3 is 15.0 Å². The van der Waals surface area contributed by atoms with Gasteiger partial charge in [0.1, 0.15) is 11.8 Å². The summed E-state index contributed by atoms with van der Waals surface area (Å²) < 4.78 is 5.68. The Morgan fingerprint density at radius 1 is 1.00 bits per heavy atom. The number of benzene rings is 2. The number of nitrogens with zero attached hydrogens (tertiary/aromatic N) is 1. The molecule has 0 aliphatic rings. The van der Waals surface area contributed by atoms with Crippen LogP contribution in [-0.2, 0) is 16.1 Å². The number of carbonyl (C=O) groups excluding carboxylic acids is 2. The maximum absolute atomic E-state index is 12.9. The molecule has 0 radical (unpaired) electrons. The molecule has 1 N–H and O–H groups in total. The lowest BCUT2D eigenvalue weighted by Crippen LogP contribution is -2.47. The van der Waals surface area contributed by atoms with Crippen LogP contribution >= 0.6 is 0 Å². The number of carbonyl (C=O) groups is 2. The van der Waals surface area contributed by atoms with E-state index in [1.54, 1.807) is 11.8 Å². The Hall–Kier alpha value is -2.82. The minimum atomic E-state index is -0.519. The molecule has 2 aromatic carbocycles. The molecular weight excluding hydrogens is 364 g/mol. The Bertz CT molecular complexity index is 734. The average Bonchev–Trinajstić information content (AvgIpc) is 2.76. The largest absolute Gasteiger partial charge is 0.494 e. The first-order chi connectivity index (χ1) is 14.1. The van der Waals surface area contributed by atoms with Crippen molar-refractivity contribution in [3.8, 4) is 5.75 Å². The molecule has 0 bridgehead atoms. The smallest absolute Gasteiger partial charge is 0.242 e. The molecule has 5 nitrogen and oxygen atoms in total. The van der Waals surface area contributed by atoms with Gasteiger partial charge in [-0.05, 0) is 37.5 Å². The van der Waals surface area contributed by atoms with Crippen molar-refractivity contribution in [1.29, 1.82) is 0 Å². The second-order valence-corrected chi connectivity index (χ2v) is 7.09. The number of nitrogens with one attached hydrogen (secondary N) is 1. The van der Waals surface area contributed by atoms with E-state index >= 15 is 0 Å². The normalized spacial score (nSPS) is 11.5. The van der Waals surface area contributed by atoms with Crippen LogP contribution in [0.15, 0.2) is 60.7 Å². The molecule has 0 aliphatic heterocycles. The highest BCUT2D eigenvalue weighted by molar-refractivity contribution is 5.87. The molecule has 29 heavy (non-hydrogen) atoms. The summed E-state index contributed by atoms with van der Waals surface area (Å²) in [6, 6.07) is 18.8. The highest BCUT2D eigenvalue weighted by Crippen LogP contribution is 2.13. The van der Waals surface area contributed by atoms with Gasteiger partial charge in [-0.3, -0.25) is 9.59 Å². The van der Waals surface area contributed by atoms with Crippen LogP contribution in [0.25, 0.3) is 0 Å². The number of unbranched alkanes of at least 4 members (excludes halogenated alkanes) is 1. The zero-order valence-electron chi connectivity index (χ0n) is 17.5. The fourth-order valence-corrected chi connectivity index (χ4v) is 2.97. The average molecular weight is 397 g/mol. The molecule has 0 aliphatic carbocycles. The first-order valence-corrected chi connectivity index (χ1v) is 10.4. The molecule has 5 heteroatoms. The zero-order valence-corrected chi connectivity index (χ0v) is 17.5. The number of amides is 2. The van der Waals surface area contributed by atoms with Gasteiger partial charge in [0.05, 0.1) is 6.61 Å². The first kappa shape index (κ1) is 22.5. The van der Waals surface area contributed by atoms with Crippen molar-refractivity contribution in [2.24, 2.45) is 0 Å².